The van der Waals surface area contributed by atoms with Crippen molar-refractivity contribution in [2.24, 2.45) is 16.3 Å². The second kappa shape index (κ2) is 15.6. The third-order valence-corrected chi connectivity index (χ3v) is 9.94. The minimum atomic E-state index is -0.374. The van der Waals surface area contributed by atoms with Crippen LogP contribution in [0.5, 0.6) is 5.75 Å². The summed E-state index contributed by atoms with van der Waals surface area (Å²) in [4.78, 5) is 20.2. The van der Waals surface area contributed by atoms with Crippen molar-refractivity contribution in [2.45, 2.75) is 78.4 Å². The maximum atomic E-state index is 13.5. The standard InChI is InChI=1S/C38H50N8O3/c1-5-38(3,4)33(39)22-35(42-27-12-10-25(2)11-13-27)44-37(48)43-31-15-16-32(30-9-7-6-8-29(30)31)49-28-14-17-34(40)46(23-28)36(41)45-20-18-26(24-47)19-21-45/h6-14,17,23,26,31-32,39-41,47H,5,15-16,18-22,24H2,1-4H3,(H2,42,43,44,48). The van der Waals surface area contributed by atoms with Crippen LogP contribution in [-0.2, 0) is 0 Å². The third kappa shape index (κ3) is 8.83. The summed E-state index contributed by atoms with van der Waals surface area (Å²) in [5, 5.41) is 41.6. The molecule has 2 unspecified atom stereocenters. The van der Waals surface area contributed by atoms with Crippen LogP contribution in [0.4, 0.5) is 10.5 Å². The fourth-order valence-electron chi connectivity index (χ4n) is 6.23. The highest BCUT2D eigenvalue weighted by molar-refractivity contribution is 6.10. The van der Waals surface area contributed by atoms with Gasteiger partial charge in [0.2, 0.25) is 5.96 Å². The molecule has 5 rings (SSSR count). The van der Waals surface area contributed by atoms with Gasteiger partial charge in [-0.2, -0.15) is 0 Å². The van der Waals surface area contributed by atoms with E-state index in [-0.39, 0.29) is 54.0 Å². The Bertz CT molecular complexity index is 1740. The van der Waals surface area contributed by atoms with Gasteiger partial charge in [-0.1, -0.05) is 62.7 Å². The van der Waals surface area contributed by atoms with Gasteiger partial charge in [0.1, 0.15) is 23.2 Å². The zero-order valence-corrected chi connectivity index (χ0v) is 29.1. The second-order valence-electron chi connectivity index (χ2n) is 13.8. The summed E-state index contributed by atoms with van der Waals surface area (Å²) in [6, 6.07) is 18.5. The average molecular weight is 667 g/mol. The fraction of sp³-hybridized carbons (Fsp3) is 0.447. The maximum Gasteiger partial charge on any atom is 0.320 e. The van der Waals surface area contributed by atoms with Crippen molar-refractivity contribution >= 4 is 29.2 Å². The maximum absolute atomic E-state index is 13.5. The van der Waals surface area contributed by atoms with Gasteiger partial charge in [-0.3, -0.25) is 20.7 Å². The highest BCUT2D eigenvalue weighted by Gasteiger charge is 2.30. The van der Waals surface area contributed by atoms with Crippen molar-refractivity contribution in [1.82, 2.24) is 20.1 Å². The SMILES string of the molecule is CCC(C)(C)C(=N)CC(=Nc1ccc(C)cc1)NC(=O)NC1CCC(Oc2ccc(=N)n(C(=N)N3CCC(CO)CC3)c2)c2ccccc21. The van der Waals surface area contributed by atoms with Crippen LogP contribution in [0.2, 0.25) is 0 Å². The van der Waals surface area contributed by atoms with E-state index in [4.69, 9.17) is 26.0 Å². The Morgan fingerprint density at radius 3 is 2.37 bits per heavy atom. The molecule has 1 aromatic heterocycles. The molecule has 49 heavy (non-hydrogen) atoms. The molecule has 2 atom stereocenters. The van der Waals surface area contributed by atoms with E-state index < -0.39 is 0 Å². The first kappa shape index (κ1) is 35.5. The van der Waals surface area contributed by atoms with Crippen molar-refractivity contribution in [2.75, 3.05) is 19.7 Å². The van der Waals surface area contributed by atoms with Crippen molar-refractivity contribution < 1.29 is 14.6 Å². The van der Waals surface area contributed by atoms with E-state index >= 15 is 0 Å². The lowest BCUT2D eigenvalue weighted by atomic mass is 9.83. The molecule has 1 saturated heterocycles. The van der Waals surface area contributed by atoms with Crippen molar-refractivity contribution in [3.8, 4) is 5.75 Å². The number of piperidine rings is 1. The molecule has 6 N–H and O–H groups in total. The monoisotopic (exact) mass is 666 g/mol. The highest BCUT2D eigenvalue weighted by atomic mass is 16.5. The molecule has 2 heterocycles. The van der Waals surface area contributed by atoms with Crippen molar-refractivity contribution in [3.63, 3.8) is 0 Å². The van der Waals surface area contributed by atoms with E-state index in [2.05, 4.69) is 17.6 Å². The van der Waals surface area contributed by atoms with Crippen LogP contribution >= 0.6 is 0 Å². The number of likely N-dealkylation sites (tertiary alicyclic amines) is 1. The number of amides is 2. The van der Waals surface area contributed by atoms with Crippen molar-refractivity contribution in [1.29, 1.82) is 16.2 Å². The van der Waals surface area contributed by atoms with Gasteiger partial charge in [-0.15, -0.1) is 0 Å². The van der Waals surface area contributed by atoms with Crippen LogP contribution in [0.3, 0.4) is 0 Å². The first-order valence-electron chi connectivity index (χ1n) is 17.2. The number of nitrogens with one attached hydrogen (secondary N) is 5. The molecular formula is C38H50N8O3. The Hall–Kier alpha value is -4.77. The van der Waals surface area contributed by atoms with Crippen molar-refractivity contribution in [3.05, 3.63) is 89.0 Å². The summed E-state index contributed by atoms with van der Waals surface area (Å²) < 4.78 is 8.04. The number of aromatic nitrogens is 1. The number of carbonyl (C=O) groups is 1. The van der Waals surface area contributed by atoms with E-state index in [0.717, 1.165) is 36.0 Å². The van der Waals surface area contributed by atoms with Crippen LogP contribution in [0.15, 0.2) is 71.9 Å². The number of aliphatic imine (C=N–C) groups is 1. The number of ether oxygens (including phenoxy) is 1. The fourth-order valence-corrected chi connectivity index (χ4v) is 6.23. The van der Waals surface area contributed by atoms with Gasteiger partial charge in [0.25, 0.3) is 0 Å². The van der Waals surface area contributed by atoms with E-state index in [1.165, 1.54) is 4.57 Å². The number of fused-ring (bicyclic) bond motifs is 1. The van der Waals surface area contributed by atoms with E-state index in [1.54, 1.807) is 18.3 Å². The van der Waals surface area contributed by atoms with Crippen LogP contribution < -0.4 is 20.9 Å². The lowest BCUT2D eigenvalue weighted by molar-refractivity contribution is 0.163. The van der Waals surface area contributed by atoms with E-state index in [1.807, 2.05) is 74.2 Å². The Labute approximate surface area is 289 Å². The minimum Gasteiger partial charge on any atom is -0.484 e. The van der Waals surface area contributed by atoms with Crippen LogP contribution in [-0.4, -0.2) is 57.8 Å². The molecule has 0 radical (unpaired) electrons. The molecule has 1 aliphatic carbocycles. The molecule has 0 spiro atoms. The number of nitrogens with zero attached hydrogens (tertiary/aromatic N) is 3. The number of aliphatic hydroxyl groups excluding tert-OH is 1. The Kier molecular flexibility index (Phi) is 11.3. The molecule has 0 bridgehead atoms. The number of urea groups is 1. The first-order chi connectivity index (χ1) is 23.5. The number of aryl methyl sites for hydroxylation is 1. The van der Waals surface area contributed by atoms with E-state index in [9.17, 15) is 9.90 Å². The largest absolute Gasteiger partial charge is 0.484 e. The molecule has 11 nitrogen and oxygen atoms in total. The second-order valence-corrected chi connectivity index (χ2v) is 13.8. The van der Waals surface area contributed by atoms with Crippen LogP contribution in [0.1, 0.15) is 88.1 Å². The number of pyridine rings is 1. The topological polar surface area (TPSA) is 163 Å². The molecule has 2 aliphatic rings. The van der Waals surface area contributed by atoms with Gasteiger partial charge in [0.15, 0.2) is 0 Å². The zero-order valence-electron chi connectivity index (χ0n) is 29.1. The molecule has 0 saturated carbocycles. The first-order valence-corrected chi connectivity index (χ1v) is 17.2. The smallest absolute Gasteiger partial charge is 0.320 e. The number of amidine groups is 1. The normalized spacial score (nSPS) is 18.4. The highest BCUT2D eigenvalue weighted by Crippen LogP contribution is 2.38. The predicted octanol–water partition coefficient (Wildman–Crippen LogP) is 6.59. The van der Waals surface area contributed by atoms with Gasteiger partial charge in [-0.25, -0.2) is 9.79 Å². The molecule has 260 valence electrons. The Morgan fingerprint density at radius 1 is 1.00 bits per heavy atom. The summed E-state index contributed by atoms with van der Waals surface area (Å²) in [5.74, 6) is 1.47. The number of rotatable bonds is 9. The van der Waals surface area contributed by atoms with Gasteiger partial charge >= 0.3 is 6.03 Å². The van der Waals surface area contributed by atoms with Gasteiger partial charge in [-0.05, 0) is 80.3 Å². The molecule has 3 aromatic rings. The molecular weight excluding hydrogens is 616 g/mol. The third-order valence-electron chi connectivity index (χ3n) is 9.94. The Morgan fingerprint density at radius 2 is 1.69 bits per heavy atom. The van der Waals surface area contributed by atoms with Gasteiger partial charge < -0.3 is 25.5 Å². The summed E-state index contributed by atoms with van der Waals surface area (Å²) in [6.45, 7) is 9.62. The molecule has 11 heteroatoms. The number of hydrogen-bond donors (Lipinski definition) is 6. The van der Waals surface area contributed by atoms with Crippen LogP contribution in [0, 0.1) is 34.5 Å². The summed E-state index contributed by atoms with van der Waals surface area (Å²) in [7, 11) is 0. The predicted molar refractivity (Wildman–Crippen MR) is 193 cm³/mol. The lowest BCUT2D eigenvalue weighted by Crippen LogP contribution is -2.45. The summed E-state index contributed by atoms with van der Waals surface area (Å²) in [5.41, 5.74) is 4.15. The minimum absolute atomic E-state index is 0.164. The summed E-state index contributed by atoms with van der Waals surface area (Å²) in [6.07, 6.45) is 5.39. The molecule has 2 amide bonds. The number of benzene rings is 2. The molecule has 1 aliphatic heterocycles. The number of carbonyl (C=O) groups excluding carboxylic acids is 1. The number of aliphatic hydroxyl groups is 1. The zero-order chi connectivity index (χ0) is 35.1. The molecule has 2 aromatic carbocycles. The molecule has 1 fully saturated rings. The van der Waals surface area contributed by atoms with Crippen LogP contribution in [0.25, 0.3) is 0 Å². The Balaban J connectivity index is 1.29. The van der Waals surface area contributed by atoms with Gasteiger partial charge in [0.05, 0.1) is 17.9 Å². The van der Waals surface area contributed by atoms with Gasteiger partial charge in [0, 0.05) is 37.2 Å². The quantitative estimate of drug-likeness (QED) is 0.112. The average Bonchev–Trinajstić information content (AvgIpc) is 3.10. The number of hydrogen-bond acceptors (Lipinski definition) is 7. The summed E-state index contributed by atoms with van der Waals surface area (Å²) >= 11 is 0. The lowest BCUT2D eigenvalue weighted by Gasteiger charge is -2.34. The van der Waals surface area contributed by atoms with E-state index in [0.29, 0.717) is 48.9 Å².